The van der Waals surface area contributed by atoms with Crippen LogP contribution in [0.5, 0.6) is 0 Å². The van der Waals surface area contributed by atoms with Gasteiger partial charge >= 0.3 is 0 Å². The van der Waals surface area contributed by atoms with Crippen LogP contribution in [0.15, 0.2) is 79.0 Å². The van der Waals surface area contributed by atoms with E-state index in [2.05, 4.69) is 4.98 Å². The van der Waals surface area contributed by atoms with Crippen LogP contribution in [0.2, 0.25) is 0 Å². The maximum atomic E-state index is 13.5. The molecule has 29 heavy (non-hydrogen) atoms. The number of para-hydroxylation sites is 1. The molecule has 0 aliphatic carbocycles. The van der Waals surface area contributed by atoms with Crippen LogP contribution < -0.4 is 0 Å². The number of nitrogens with one attached hydrogen (secondary N) is 1. The normalized spacial score (nSPS) is 16.9. The van der Waals surface area contributed by atoms with Gasteiger partial charge in [-0.3, -0.25) is 0 Å². The third kappa shape index (κ3) is 3.16. The molecule has 146 valence electrons. The van der Waals surface area contributed by atoms with Crippen molar-refractivity contribution >= 4 is 20.9 Å². The summed E-state index contributed by atoms with van der Waals surface area (Å²) < 4.78 is 28.7. The number of hydrogen-bond donors (Lipinski definition) is 1. The minimum atomic E-state index is -3.52. The first-order chi connectivity index (χ1) is 14.0. The molecule has 1 N–H and O–H groups in total. The Kier molecular flexibility index (Phi) is 4.30. The minimum absolute atomic E-state index is 0.000123. The van der Waals surface area contributed by atoms with Crippen LogP contribution in [0, 0.1) is 6.92 Å². The molecule has 0 spiro atoms. The number of fused-ring (bicyclic) bond motifs is 2. The van der Waals surface area contributed by atoms with E-state index in [1.165, 1.54) is 0 Å². The summed E-state index contributed by atoms with van der Waals surface area (Å²) in [6.07, 6.45) is 1.95. The Balaban J connectivity index is 1.61. The monoisotopic (exact) mass is 402 g/mol. The molecule has 2 heterocycles. The lowest BCUT2D eigenvalue weighted by atomic mass is 9.98. The van der Waals surface area contributed by atoms with Gasteiger partial charge in [0.05, 0.1) is 11.8 Å². The van der Waals surface area contributed by atoms with Crippen molar-refractivity contribution in [2.75, 3.05) is 0 Å². The Morgan fingerprint density at radius 2 is 1.66 bits per heavy atom. The van der Waals surface area contributed by atoms with Crippen molar-refractivity contribution in [3.05, 3.63) is 107 Å². The number of rotatable bonds is 4. The molecule has 5 heteroatoms. The summed E-state index contributed by atoms with van der Waals surface area (Å²) in [5, 5.41) is 1.06. The number of sulfonamides is 1. The molecule has 5 rings (SSSR count). The second-order valence-electron chi connectivity index (χ2n) is 7.68. The Labute approximate surface area is 170 Å². The number of aromatic nitrogens is 1. The van der Waals surface area contributed by atoms with E-state index in [4.69, 9.17) is 0 Å². The summed E-state index contributed by atoms with van der Waals surface area (Å²) in [6, 6.07) is 23.5. The molecule has 1 atom stereocenters. The van der Waals surface area contributed by atoms with E-state index in [1.54, 1.807) is 4.31 Å². The summed E-state index contributed by atoms with van der Waals surface area (Å²) in [5.74, 6) is 0.000123. The smallest absolute Gasteiger partial charge is 0.219 e. The van der Waals surface area contributed by atoms with Gasteiger partial charge in [0, 0.05) is 29.2 Å². The van der Waals surface area contributed by atoms with Crippen molar-refractivity contribution in [2.24, 2.45) is 0 Å². The van der Waals surface area contributed by atoms with Crippen LogP contribution in [0.3, 0.4) is 0 Å². The molecular weight excluding hydrogens is 380 g/mol. The van der Waals surface area contributed by atoms with Crippen molar-refractivity contribution in [2.45, 2.75) is 25.3 Å². The van der Waals surface area contributed by atoms with Crippen molar-refractivity contribution < 1.29 is 8.42 Å². The molecule has 4 aromatic rings. The van der Waals surface area contributed by atoms with Crippen LogP contribution in [0.1, 0.15) is 33.9 Å². The highest BCUT2D eigenvalue weighted by molar-refractivity contribution is 7.88. The lowest BCUT2D eigenvalue weighted by molar-refractivity contribution is 0.388. The molecule has 0 saturated heterocycles. The number of hydrogen-bond acceptors (Lipinski definition) is 2. The molecule has 0 bridgehead atoms. The first-order valence-electron chi connectivity index (χ1n) is 9.72. The molecule has 0 amide bonds. The number of aryl methyl sites for hydroxylation is 1. The third-order valence-electron chi connectivity index (χ3n) is 5.71. The highest BCUT2D eigenvalue weighted by Crippen LogP contribution is 2.43. The van der Waals surface area contributed by atoms with Crippen molar-refractivity contribution in [3.63, 3.8) is 0 Å². The molecule has 0 saturated carbocycles. The predicted molar refractivity (Wildman–Crippen MR) is 116 cm³/mol. The fraction of sp³-hybridized carbons (Fsp3) is 0.167. The maximum Gasteiger partial charge on any atom is 0.219 e. The standard InChI is InChI=1S/C24H22N2O2S/c1-17-10-12-18(13-11-17)16-29(27,28)26-15-19-6-2-3-7-20(19)24(26)22-14-25-23-9-5-4-8-21(22)23/h2-14,24-25H,15-16H2,1H3/t24-/m1/s1. The Morgan fingerprint density at radius 1 is 0.931 bits per heavy atom. The fourth-order valence-electron chi connectivity index (χ4n) is 4.24. The predicted octanol–water partition coefficient (Wildman–Crippen LogP) is 4.91. The summed E-state index contributed by atoms with van der Waals surface area (Å²) in [4.78, 5) is 3.30. The van der Waals surface area contributed by atoms with Crippen molar-refractivity contribution in [1.29, 1.82) is 0 Å². The molecule has 0 radical (unpaired) electrons. The summed E-state index contributed by atoms with van der Waals surface area (Å²) in [5.41, 5.74) is 6.07. The lowest BCUT2D eigenvalue weighted by Crippen LogP contribution is -2.31. The van der Waals surface area contributed by atoms with Gasteiger partial charge in [-0.2, -0.15) is 4.31 Å². The van der Waals surface area contributed by atoms with E-state index in [9.17, 15) is 8.42 Å². The van der Waals surface area contributed by atoms with Crippen molar-refractivity contribution in [3.8, 4) is 0 Å². The largest absolute Gasteiger partial charge is 0.361 e. The zero-order valence-electron chi connectivity index (χ0n) is 16.2. The molecule has 1 aliphatic heterocycles. The van der Waals surface area contributed by atoms with Gasteiger partial charge in [-0.1, -0.05) is 72.3 Å². The molecule has 4 nitrogen and oxygen atoms in total. The Morgan fingerprint density at radius 3 is 2.48 bits per heavy atom. The second-order valence-corrected chi connectivity index (χ2v) is 9.60. The number of benzene rings is 3. The van der Waals surface area contributed by atoms with Gasteiger partial charge in [0.2, 0.25) is 10.0 Å². The van der Waals surface area contributed by atoms with E-state index in [0.29, 0.717) is 6.54 Å². The first kappa shape index (κ1) is 18.2. The molecule has 1 aliphatic rings. The zero-order chi connectivity index (χ0) is 20.0. The van der Waals surface area contributed by atoms with Crippen LogP contribution in [0.25, 0.3) is 10.9 Å². The van der Waals surface area contributed by atoms with E-state index >= 15 is 0 Å². The summed E-state index contributed by atoms with van der Waals surface area (Å²) in [6.45, 7) is 2.40. The maximum absolute atomic E-state index is 13.5. The van der Waals surface area contributed by atoms with E-state index in [1.807, 2.05) is 85.9 Å². The van der Waals surface area contributed by atoms with Crippen LogP contribution in [0.4, 0.5) is 0 Å². The number of aromatic amines is 1. The third-order valence-corrected chi connectivity index (χ3v) is 7.46. The average Bonchev–Trinajstić information content (AvgIpc) is 3.31. The molecule has 0 fully saturated rings. The van der Waals surface area contributed by atoms with Crippen LogP contribution in [-0.4, -0.2) is 17.7 Å². The topological polar surface area (TPSA) is 53.2 Å². The second kappa shape index (κ2) is 6.87. The minimum Gasteiger partial charge on any atom is -0.361 e. The van der Waals surface area contributed by atoms with Crippen LogP contribution in [-0.2, 0) is 22.3 Å². The highest BCUT2D eigenvalue weighted by atomic mass is 32.2. The Hall–Kier alpha value is -2.89. The summed E-state index contributed by atoms with van der Waals surface area (Å²) in [7, 11) is -3.52. The van der Waals surface area contributed by atoms with Gasteiger partial charge in [-0.05, 0) is 29.7 Å². The average molecular weight is 403 g/mol. The van der Waals surface area contributed by atoms with Gasteiger partial charge < -0.3 is 4.98 Å². The van der Waals surface area contributed by atoms with Crippen LogP contribution >= 0.6 is 0 Å². The lowest BCUT2D eigenvalue weighted by Gasteiger charge is -2.25. The van der Waals surface area contributed by atoms with Gasteiger partial charge in [0.1, 0.15) is 0 Å². The Bertz CT molecular complexity index is 1290. The number of H-pyrrole nitrogens is 1. The van der Waals surface area contributed by atoms with E-state index < -0.39 is 10.0 Å². The fourth-order valence-corrected chi connectivity index (χ4v) is 5.90. The van der Waals surface area contributed by atoms with Crippen molar-refractivity contribution in [1.82, 2.24) is 9.29 Å². The van der Waals surface area contributed by atoms with Gasteiger partial charge in [-0.25, -0.2) is 8.42 Å². The van der Waals surface area contributed by atoms with Gasteiger partial charge in [-0.15, -0.1) is 0 Å². The first-order valence-corrected chi connectivity index (χ1v) is 11.3. The SMILES string of the molecule is Cc1ccc(CS(=O)(=O)N2Cc3ccccc3[C@@H]2c2c[nH]c3ccccc23)cc1. The quantitative estimate of drug-likeness (QED) is 0.527. The van der Waals surface area contributed by atoms with E-state index in [-0.39, 0.29) is 11.8 Å². The molecule has 3 aromatic carbocycles. The van der Waals surface area contributed by atoms with E-state index in [0.717, 1.165) is 38.7 Å². The van der Waals surface area contributed by atoms with Gasteiger partial charge in [0.15, 0.2) is 0 Å². The number of nitrogens with zero attached hydrogens (tertiary/aromatic N) is 1. The highest BCUT2D eigenvalue weighted by Gasteiger charge is 2.39. The molecular formula is C24H22N2O2S. The molecule has 1 aromatic heterocycles. The molecule has 0 unspecified atom stereocenters. The van der Waals surface area contributed by atoms with Gasteiger partial charge in [0.25, 0.3) is 0 Å². The zero-order valence-corrected chi connectivity index (χ0v) is 17.0. The summed E-state index contributed by atoms with van der Waals surface area (Å²) >= 11 is 0.